The summed E-state index contributed by atoms with van der Waals surface area (Å²) in [5.74, 6) is 0.244. The summed E-state index contributed by atoms with van der Waals surface area (Å²) < 4.78 is 44.1. The summed E-state index contributed by atoms with van der Waals surface area (Å²) in [5, 5.41) is 3.17. The molecule has 6 heteroatoms. The minimum atomic E-state index is -4.45. The number of piperidine rings is 1. The molecule has 2 unspecified atom stereocenters. The monoisotopic (exact) mass is 305 g/mol. The highest BCUT2D eigenvalue weighted by Gasteiger charge is 2.36. The number of halogens is 4. The minimum Gasteiger partial charge on any atom is -0.490 e. The van der Waals surface area contributed by atoms with Crippen molar-refractivity contribution in [1.29, 1.82) is 0 Å². The van der Waals surface area contributed by atoms with Crippen LogP contribution in [0.2, 0.25) is 5.02 Å². The van der Waals surface area contributed by atoms with Gasteiger partial charge in [-0.2, -0.15) is 13.2 Å². The van der Waals surface area contributed by atoms with Crippen molar-refractivity contribution in [1.82, 2.24) is 5.32 Å². The van der Waals surface area contributed by atoms with E-state index in [0.29, 0.717) is 12.1 Å². The molecule has 1 aromatic carbocycles. The molecule has 20 heavy (non-hydrogen) atoms. The van der Waals surface area contributed by atoms with Gasteiger partial charge >= 0.3 is 6.18 Å². The van der Waals surface area contributed by atoms with E-state index in [2.05, 4.69) is 5.32 Å². The molecule has 0 aliphatic carbocycles. The molecule has 2 bridgehead atoms. The molecule has 0 amide bonds. The lowest BCUT2D eigenvalue weighted by atomic mass is 10.0. The zero-order valence-corrected chi connectivity index (χ0v) is 11.5. The average molecular weight is 306 g/mol. The molecule has 2 fully saturated rings. The van der Waals surface area contributed by atoms with Crippen molar-refractivity contribution < 1.29 is 17.9 Å². The summed E-state index contributed by atoms with van der Waals surface area (Å²) in [7, 11) is 0. The van der Waals surface area contributed by atoms with Gasteiger partial charge in [0.15, 0.2) is 0 Å². The van der Waals surface area contributed by atoms with E-state index in [1.807, 2.05) is 0 Å². The van der Waals surface area contributed by atoms with E-state index in [4.69, 9.17) is 16.3 Å². The minimum absolute atomic E-state index is 0.0176. The third-order valence-corrected chi connectivity index (χ3v) is 4.31. The van der Waals surface area contributed by atoms with Crippen molar-refractivity contribution in [2.45, 2.75) is 50.0 Å². The molecule has 2 nitrogen and oxygen atoms in total. The van der Waals surface area contributed by atoms with Crippen LogP contribution in [0.25, 0.3) is 0 Å². The Balaban J connectivity index is 1.75. The van der Waals surface area contributed by atoms with Gasteiger partial charge in [-0.25, -0.2) is 0 Å². The van der Waals surface area contributed by atoms with Crippen LogP contribution in [-0.4, -0.2) is 18.2 Å². The number of rotatable bonds is 2. The van der Waals surface area contributed by atoms with Gasteiger partial charge in [0.2, 0.25) is 0 Å². The quantitative estimate of drug-likeness (QED) is 0.891. The maximum atomic E-state index is 12.8. The predicted molar refractivity (Wildman–Crippen MR) is 70.0 cm³/mol. The number of fused-ring (bicyclic) bond motifs is 2. The van der Waals surface area contributed by atoms with Crippen molar-refractivity contribution in [3.05, 3.63) is 28.8 Å². The molecule has 2 aliphatic rings. The fourth-order valence-electron chi connectivity index (χ4n) is 3.09. The summed E-state index contributed by atoms with van der Waals surface area (Å²) in [6, 6.07) is 4.62. The van der Waals surface area contributed by atoms with Crippen molar-refractivity contribution in [3.63, 3.8) is 0 Å². The topological polar surface area (TPSA) is 21.3 Å². The van der Waals surface area contributed by atoms with Crippen molar-refractivity contribution in [2.24, 2.45) is 0 Å². The first-order valence-corrected chi connectivity index (χ1v) is 7.09. The standard InChI is InChI=1S/C14H15ClF3NO/c15-13-4-3-10(7-12(13)14(16,17)18)20-11-5-8-1-2-9(6-11)19-8/h3-4,7-9,11,19H,1-2,5-6H2. The molecule has 110 valence electrons. The number of benzene rings is 1. The van der Waals surface area contributed by atoms with E-state index in [-0.39, 0.29) is 16.9 Å². The highest BCUT2D eigenvalue weighted by Crippen LogP contribution is 2.37. The fraction of sp³-hybridized carbons (Fsp3) is 0.571. The van der Waals surface area contributed by atoms with Crippen molar-refractivity contribution >= 4 is 11.6 Å². The van der Waals surface area contributed by atoms with E-state index in [1.165, 1.54) is 12.1 Å². The number of alkyl halides is 3. The molecule has 0 radical (unpaired) electrons. The van der Waals surface area contributed by atoms with Crippen molar-refractivity contribution in [2.75, 3.05) is 0 Å². The second-order valence-corrected chi connectivity index (χ2v) is 5.90. The van der Waals surface area contributed by atoms with Crippen LogP contribution in [0.1, 0.15) is 31.2 Å². The molecule has 0 saturated carbocycles. The second kappa shape index (κ2) is 5.11. The first-order valence-electron chi connectivity index (χ1n) is 6.71. The summed E-state index contributed by atoms with van der Waals surface area (Å²) in [6.45, 7) is 0. The first kappa shape index (κ1) is 14.0. The number of ether oxygens (including phenoxy) is 1. The normalized spacial score (nSPS) is 29.5. The highest BCUT2D eigenvalue weighted by molar-refractivity contribution is 6.31. The average Bonchev–Trinajstić information content (AvgIpc) is 2.70. The third kappa shape index (κ3) is 2.88. The van der Waals surface area contributed by atoms with Crippen molar-refractivity contribution in [3.8, 4) is 5.75 Å². The summed E-state index contributed by atoms with van der Waals surface area (Å²) in [6.07, 6.45) is -0.529. The smallest absolute Gasteiger partial charge is 0.417 e. The number of hydrogen-bond acceptors (Lipinski definition) is 2. The van der Waals surface area contributed by atoms with E-state index in [1.54, 1.807) is 0 Å². The largest absolute Gasteiger partial charge is 0.490 e. The van der Waals surface area contributed by atoms with Gasteiger partial charge in [0.1, 0.15) is 11.9 Å². The van der Waals surface area contributed by atoms with Crippen LogP contribution >= 0.6 is 11.6 Å². The van der Waals surface area contributed by atoms with Gasteiger partial charge in [-0.15, -0.1) is 0 Å². The fourth-order valence-corrected chi connectivity index (χ4v) is 3.31. The highest BCUT2D eigenvalue weighted by atomic mass is 35.5. The van der Waals surface area contributed by atoms with E-state index < -0.39 is 11.7 Å². The van der Waals surface area contributed by atoms with Gasteiger partial charge in [0.25, 0.3) is 0 Å². The molecule has 2 heterocycles. The Morgan fingerprint density at radius 3 is 2.40 bits per heavy atom. The lowest BCUT2D eigenvalue weighted by Crippen LogP contribution is -2.42. The maximum absolute atomic E-state index is 12.8. The molecule has 2 saturated heterocycles. The van der Waals surface area contributed by atoms with Gasteiger partial charge in [0, 0.05) is 12.1 Å². The second-order valence-electron chi connectivity index (χ2n) is 5.49. The Morgan fingerprint density at radius 1 is 1.15 bits per heavy atom. The predicted octanol–water partition coefficient (Wildman–Crippen LogP) is 4.02. The van der Waals surface area contributed by atoms with Gasteiger partial charge in [-0.3, -0.25) is 0 Å². The lowest BCUT2D eigenvalue weighted by Gasteiger charge is -2.29. The van der Waals surface area contributed by atoms with Crippen LogP contribution in [0, 0.1) is 0 Å². The third-order valence-electron chi connectivity index (χ3n) is 3.98. The molecule has 1 N–H and O–H groups in total. The molecule has 3 rings (SSSR count). The van der Waals surface area contributed by atoms with Gasteiger partial charge in [-0.05, 0) is 43.9 Å². The van der Waals surface area contributed by atoms with Crippen LogP contribution in [0.5, 0.6) is 5.75 Å². The Kier molecular flexibility index (Phi) is 3.58. The molecular weight excluding hydrogens is 291 g/mol. The first-order chi connectivity index (χ1) is 9.41. The SMILES string of the molecule is FC(F)(F)c1cc(OC2CC3CCC(C2)N3)ccc1Cl. The number of hydrogen-bond donors (Lipinski definition) is 1. The lowest BCUT2D eigenvalue weighted by molar-refractivity contribution is -0.137. The molecule has 1 aromatic rings. The maximum Gasteiger partial charge on any atom is 0.417 e. The van der Waals surface area contributed by atoms with E-state index in [0.717, 1.165) is 31.7 Å². The summed E-state index contributed by atoms with van der Waals surface area (Å²) in [4.78, 5) is 0. The Labute approximate surface area is 120 Å². The Morgan fingerprint density at radius 2 is 1.80 bits per heavy atom. The molecule has 0 aromatic heterocycles. The van der Waals surface area contributed by atoms with Gasteiger partial charge in [-0.1, -0.05) is 11.6 Å². The van der Waals surface area contributed by atoms with Crippen LogP contribution in [0.15, 0.2) is 18.2 Å². The zero-order chi connectivity index (χ0) is 14.3. The van der Waals surface area contributed by atoms with Crippen LogP contribution < -0.4 is 10.1 Å². The molecule has 0 spiro atoms. The Hall–Kier alpha value is -0.940. The summed E-state index contributed by atoms with van der Waals surface area (Å²) in [5.41, 5.74) is -0.839. The zero-order valence-electron chi connectivity index (χ0n) is 10.7. The molecular formula is C14H15ClF3NO. The van der Waals surface area contributed by atoms with Crippen LogP contribution in [-0.2, 0) is 6.18 Å². The summed E-state index contributed by atoms with van der Waals surface area (Å²) >= 11 is 5.59. The van der Waals surface area contributed by atoms with E-state index in [9.17, 15) is 13.2 Å². The van der Waals surface area contributed by atoms with E-state index >= 15 is 0 Å². The number of nitrogens with one attached hydrogen (secondary N) is 1. The van der Waals surface area contributed by atoms with Crippen LogP contribution in [0.3, 0.4) is 0 Å². The van der Waals surface area contributed by atoms with Gasteiger partial charge < -0.3 is 10.1 Å². The Bertz CT molecular complexity index is 494. The van der Waals surface area contributed by atoms with Gasteiger partial charge in [0.05, 0.1) is 10.6 Å². The molecule has 2 atom stereocenters. The van der Waals surface area contributed by atoms with Crippen LogP contribution in [0.4, 0.5) is 13.2 Å². The molecule has 2 aliphatic heterocycles.